The third kappa shape index (κ3) is 5.84. The maximum atomic E-state index is 12.1. The number of hydrogen-bond donors (Lipinski definition) is 1. The summed E-state index contributed by atoms with van der Waals surface area (Å²) in [6, 6.07) is 8.26. The van der Waals surface area contributed by atoms with Gasteiger partial charge in [-0.05, 0) is 50.6 Å². The van der Waals surface area contributed by atoms with Crippen molar-refractivity contribution in [3.8, 4) is 5.75 Å². The lowest BCUT2D eigenvalue weighted by molar-refractivity contribution is -0.126. The minimum atomic E-state index is 0.137. The molecular formula is C18H28N2O3. The molecule has 0 unspecified atom stereocenters. The maximum absolute atomic E-state index is 12.1. The second-order valence-corrected chi connectivity index (χ2v) is 5.91. The molecule has 1 amide bonds. The fourth-order valence-corrected chi connectivity index (χ4v) is 2.93. The Balaban J connectivity index is 1.76. The second-order valence-electron chi connectivity index (χ2n) is 5.91. The van der Waals surface area contributed by atoms with Gasteiger partial charge in [0.2, 0.25) is 5.91 Å². The Morgan fingerprint density at radius 2 is 2.13 bits per heavy atom. The number of likely N-dealkylation sites (tertiary alicyclic amines) is 1. The highest BCUT2D eigenvalue weighted by Gasteiger charge is 2.24. The zero-order chi connectivity index (χ0) is 16.5. The molecule has 1 fully saturated rings. The van der Waals surface area contributed by atoms with Gasteiger partial charge >= 0.3 is 0 Å². The highest BCUT2D eigenvalue weighted by Crippen LogP contribution is 2.21. The molecule has 0 radical (unpaired) electrons. The first-order chi connectivity index (χ1) is 11.2. The molecular weight excluding hydrogens is 292 g/mol. The summed E-state index contributed by atoms with van der Waals surface area (Å²) in [5.74, 6) is 1.23. The van der Waals surface area contributed by atoms with Crippen molar-refractivity contribution in [2.24, 2.45) is 5.92 Å². The van der Waals surface area contributed by atoms with Gasteiger partial charge in [0.15, 0.2) is 0 Å². The van der Waals surface area contributed by atoms with E-state index in [1.165, 1.54) is 5.56 Å². The molecule has 0 spiro atoms. The fourth-order valence-electron chi connectivity index (χ4n) is 2.93. The van der Waals surface area contributed by atoms with Crippen molar-refractivity contribution in [1.82, 2.24) is 10.2 Å². The molecule has 0 saturated carbocycles. The smallest absolute Gasteiger partial charge is 0.223 e. The van der Waals surface area contributed by atoms with E-state index < -0.39 is 0 Å². The first-order valence-corrected chi connectivity index (χ1v) is 8.43. The summed E-state index contributed by atoms with van der Waals surface area (Å²) in [5, 5.41) is 2.94. The van der Waals surface area contributed by atoms with Crippen LogP contribution in [0.25, 0.3) is 0 Å². The third-order valence-electron chi connectivity index (χ3n) is 4.18. The zero-order valence-corrected chi connectivity index (χ0v) is 14.2. The van der Waals surface area contributed by atoms with E-state index >= 15 is 0 Å². The summed E-state index contributed by atoms with van der Waals surface area (Å²) in [4.78, 5) is 14.5. The Hall–Kier alpha value is -1.59. The highest BCUT2D eigenvalue weighted by molar-refractivity contribution is 5.78. The molecule has 0 aromatic heterocycles. The lowest BCUT2D eigenvalue weighted by atomic mass is 9.95. The number of hydrogen-bond acceptors (Lipinski definition) is 4. The Labute approximate surface area is 139 Å². The molecule has 2 rings (SSSR count). The number of ether oxygens (including phenoxy) is 2. The van der Waals surface area contributed by atoms with Gasteiger partial charge in [-0.3, -0.25) is 9.69 Å². The summed E-state index contributed by atoms with van der Waals surface area (Å²) >= 11 is 0. The average molecular weight is 320 g/mol. The molecule has 5 heteroatoms. The summed E-state index contributed by atoms with van der Waals surface area (Å²) < 4.78 is 10.5. The van der Waals surface area contributed by atoms with Crippen LogP contribution in [-0.2, 0) is 16.1 Å². The minimum absolute atomic E-state index is 0.137. The SMILES string of the molecule is CCOc1cccc(CN2CCC(C(=O)NCCOC)CC2)c1. The van der Waals surface area contributed by atoms with Gasteiger partial charge in [0.25, 0.3) is 0 Å². The van der Waals surface area contributed by atoms with Crippen molar-refractivity contribution in [3.63, 3.8) is 0 Å². The summed E-state index contributed by atoms with van der Waals surface area (Å²) in [6.07, 6.45) is 1.84. The summed E-state index contributed by atoms with van der Waals surface area (Å²) in [6.45, 7) is 6.68. The summed E-state index contributed by atoms with van der Waals surface area (Å²) in [7, 11) is 1.64. The molecule has 1 heterocycles. The maximum Gasteiger partial charge on any atom is 0.223 e. The average Bonchev–Trinajstić information content (AvgIpc) is 2.56. The third-order valence-corrected chi connectivity index (χ3v) is 4.18. The van der Waals surface area contributed by atoms with E-state index in [-0.39, 0.29) is 11.8 Å². The normalized spacial score (nSPS) is 16.3. The molecule has 5 nitrogen and oxygen atoms in total. The topological polar surface area (TPSA) is 50.8 Å². The van der Waals surface area contributed by atoms with Gasteiger partial charge < -0.3 is 14.8 Å². The van der Waals surface area contributed by atoms with Gasteiger partial charge in [-0.2, -0.15) is 0 Å². The van der Waals surface area contributed by atoms with E-state index in [9.17, 15) is 4.79 Å². The van der Waals surface area contributed by atoms with Crippen molar-refractivity contribution in [1.29, 1.82) is 0 Å². The van der Waals surface area contributed by atoms with Crippen LogP contribution in [0.5, 0.6) is 5.75 Å². The number of methoxy groups -OCH3 is 1. The first kappa shape index (κ1) is 17.8. The minimum Gasteiger partial charge on any atom is -0.494 e. The van der Waals surface area contributed by atoms with Crippen LogP contribution >= 0.6 is 0 Å². The Kier molecular flexibility index (Phi) is 7.36. The first-order valence-electron chi connectivity index (χ1n) is 8.43. The van der Waals surface area contributed by atoms with Crippen molar-refractivity contribution in [2.45, 2.75) is 26.3 Å². The van der Waals surface area contributed by atoms with Crippen LogP contribution in [0.1, 0.15) is 25.3 Å². The molecule has 0 aliphatic carbocycles. The van der Waals surface area contributed by atoms with Gasteiger partial charge in [0.1, 0.15) is 5.75 Å². The van der Waals surface area contributed by atoms with Crippen LogP contribution < -0.4 is 10.1 Å². The Morgan fingerprint density at radius 1 is 1.35 bits per heavy atom. The lowest BCUT2D eigenvalue weighted by Gasteiger charge is -2.31. The molecule has 1 N–H and O–H groups in total. The van der Waals surface area contributed by atoms with Crippen molar-refractivity contribution in [3.05, 3.63) is 29.8 Å². The van der Waals surface area contributed by atoms with Crippen LogP contribution in [0, 0.1) is 5.92 Å². The van der Waals surface area contributed by atoms with Gasteiger partial charge in [-0.25, -0.2) is 0 Å². The van der Waals surface area contributed by atoms with Gasteiger partial charge in [-0.15, -0.1) is 0 Å². The number of benzene rings is 1. The van der Waals surface area contributed by atoms with E-state index in [1.54, 1.807) is 7.11 Å². The number of nitrogens with zero attached hydrogens (tertiary/aromatic N) is 1. The lowest BCUT2D eigenvalue weighted by Crippen LogP contribution is -2.41. The monoisotopic (exact) mass is 320 g/mol. The van der Waals surface area contributed by atoms with Crippen LogP contribution in [0.15, 0.2) is 24.3 Å². The molecule has 1 aliphatic heterocycles. The predicted molar refractivity (Wildman–Crippen MR) is 90.5 cm³/mol. The Bertz CT molecular complexity index is 485. The fraction of sp³-hybridized carbons (Fsp3) is 0.611. The molecule has 0 atom stereocenters. The number of nitrogens with one attached hydrogen (secondary N) is 1. The van der Waals surface area contributed by atoms with E-state index in [4.69, 9.17) is 9.47 Å². The largest absolute Gasteiger partial charge is 0.494 e. The number of carbonyl (C=O) groups excluding carboxylic acids is 1. The predicted octanol–water partition coefficient (Wildman–Crippen LogP) is 2.06. The van der Waals surface area contributed by atoms with Crippen molar-refractivity contribution in [2.75, 3.05) is 40.0 Å². The van der Waals surface area contributed by atoms with Gasteiger partial charge in [-0.1, -0.05) is 12.1 Å². The number of amides is 1. The molecule has 128 valence electrons. The highest BCUT2D eigenvalue weighted by atomic mass is 16.5. The number of carbonyl (C=O) groups is 1. The van der Waals surface area contributed by atoms with E-state index in [2.05, 4.69) is 22.3 Å². The van der Waals surface area contributed by atoms with E-state index in [0.717, 1.165) is 38.2 Å². The number of piperidine rings is 1. The molecule has 1 saturated heterocycles. The quantitative estimate of drug-likeness (QED) is 0.745. The van der Waals surface area contributed by atoms with Crippen LogP contribution in [0.3, 0.4) is 0 Å². The second kappa shape index (κ2) is 9.53. The standard InChI is InChI=1S/C18H28N2O3/c1-3-23-17-6-4-5-15(13-17)14-20-10-7-16(8-11-20)18(21)19-9-12-22-2/h4-6,13,16H,3,7-12,14H2,1-2H3,(H,19,21). The van der Waals surface area contributed by atoms with Gasteiger partial charge in [0.05, 0.1) is 13.2 Å². The van der Waals surface area contributed by atoms with Crippen molar-refractivity contribution >= 4 is 5.91 Å². The molecule has 1 aromatic rings. The Morgan fingerprint density at radius 3 is 2.83 bits per heavy atom. The van der Waals surface area contributed by atoms with Crippen molar-refractivity contribution < 1.29 is 14.3 Å². The van der Waals surface area contributed by atoms with Crippen LogP contribution in [-0.4, -0.2) is 50.8 Å². The zero-order valence-electron chi connectivity index (χ0n) is 14.2. The van der Waals surface area contributed by atoms with Gasteiger partial charge in [0, 0.05) is 26.1 Å². The van der Waals surface area contributed by atoms with Crippen LogP contribution in [0.4, 0.5) is 0 Å². The molecule has 1 aliphatic rings. The summed E-state index contributed by atoms with van der Waals surface area (Å²) in [5.41, 5.74) is 1.26. The molecule has 0 bridgehead atoms. The van der Waals surface area contributed by atoms with Crippen LogP contribution in [0.2, 0.25) is 0 Å². The van der Waals surface area contributed by atoms with E-state index in [1.807, 2.05) is 19.1 Å². The molecule has 1 aromatic carbocycles. The van der Waals surface area contributed by atoms with E-state index in [0.29, 0.717) is 19.8 Å². The molecule has 23 heavy (non-hydrogen) atoms. The number of rotatable bonds is 8.